The lowest BCUT2D eigenvalue weighted by Crippen LogP contribution is -2.48. The maximum Gasteiger partial charge on any atom is 0.410 e. The van der Waals surface area contributed by atoms with Crippen LogP contribution in [0.1, 0.15) is 52.0 Å². The van der Waals surface area contributed by atoms with Crippen molar-refractivity contribution in [2.45, 2.75) is 58.7 Å². The molecule has 1 N–H and O–H groups in total. The van der Waals surface area contributed by atoms with Crippen LogP contribution in [-0.4, -0.2) is 99.7 Å². The second-order valence-electron chi connectivity index (χ2n) is 11.9. The van der Waals surface area contributed by atoms with E-state index in [1.54, 1.807) is 11.0 Å². The standard InChI is InChI=1S/C32H47N3O7S/c1-24(30(23-37)26(3)21-27-7-5-8-28(22-27)35-14-6-20-43(35,40)41)10-12-31(25(2)9-11-29(38)13-19-36)42-32(39)34-17-15-33(4)16-18-34/h5,7-8,10,12,19,21-25,29-31,38H,6,9,11,13-18,20H2,1-4H3/b12-10+,26-21+/t24-,25-,29+,30-,31-/m0/s1. The van der Waals surface area contributed by atoms with E-state index in [0.717, 1.165) is 30.5 Å². The van der Waals surface area contributed by atoms with Crippen LogP contribution in [0.15, 0.2) is 42.0 Å². The van der Waals surface area contributed by atoms with Crippen molar-refractivity contribution >= 4 is 40.5 Å². The van der Waals surface area contributed by atoms with Crippen molar-refractivity contribution in [3.8, 4) is 0 Å². The molecule has 0 bridgehead atoms. The van der Waals surface area contributed by atoms with Gasteiger partial charge < -0.3 is 29.2 Å². The molecule has 2 aliphatic heterocycles. The molecule has 10 nitrogen and oxygen atoms in total. The molecule has 2 aliphatic rings. The normalized spacial score (nSPS) is 21.3. The van der Waals surface area contributed by atoms with Gasteiger partial charge in [-0.05, 0) is 68.8 Å². The molecule has 2 saturated heterocycles. The zero-order valence-corrected chi connectivity index (χ0v) is 26.6. The number of nitrogens with zero attached hydrogens (tertiary/aromatic N) is 3. The van der Waals surface area contributed by atoms with Gasteiger partial charge in [-0.2, -0.15) is 0 Å². The van der Waals surface area contributed by atoms with Gasteiger partial charge >= 0.3 is 6.09 Å². The van der Waals surface area contributed by atoms with Gasteiger partial charge in [0.25, 0.3) is 0 Å². The second-order valence-corrected chi connectivity index (χ2v) is 13.9. The Morgan fingerprint density at radius 3 is 2.42 bits per heavy atom. The fourth-order valence-corrected chi connectivity index (χ4v) is 7.04. The van der Waals surface area contributed by atoms with E-state index in [4.69, 9.17) is 4.74 Å². The number of amides is 1. The molecule has 1 amide bonds. The van der Waals surface area contributed by atoms with Gasteiger partial charge in [-0.25, -0.2) is 13.2 Å². The number of carbonyl (C=O) groups excluding carboxylic acids is 3. The Bertz CT molecular complexity index is 1260. The fourth-order valence-electron chi connectivity index (χ4n) is 5.48. The van der Waals surface area contributed by atoms with Crippen molar-refractivity contribution in [1.29, 1.82) is 0 Å². The molecule has 238 valence electrons. The molecule has 3 rings (SSSR count). The van der Waals surface area contributed by atoms with Crippen molar-refractivity contribution in [3.05, 3.63) is 47.6 Å². The highest BCUT2D eigenvalue weighted by Crippen LogP contribution is 2.28. The van der Waals surface area contributed by atoms with Crippen molar-refractivity contribution in [1.82, 2.24) is 9.80 Å². The van der Waals surface area contributed by atoms with Crippen LogP contribution >= 0.6 is 0 Å². The first-order valence-electron chi connectivity index (χ1n) is 15.1. The monoisotopic (exact) mass is 617 g/mol. The smallest absolute Gasteiger partial charge is 0.410 e. The molecule has 2 fully saturated rings. The van der Waals surface area contributed by atoms with Crippen LogP contribution in [0.4, 0.5) is 10.5 Å². The van der Waals surface area contributed by atoms with E-state index in [2.05, 4.69) is 4.90 Å². The van der Waals surface area contributed by atoms with Crippen LogP contribution in [-0.2, 0) is 24.3 Å². The van der Waals surface area contributed by atoms with Gasteiger partial charge in [0.2, 0.25) is 10.0 Å². The van der Waals surface area contributed by atoms with E-state index in [1.807, 2.05) is 64.2 Å². The van der Waals surface area contributed by atoms with Gasteiger partial charge in [0.1, 0.15) is 18.7 Å². The van der Waals surface area contributed by atoms with Crippen LogP contribution < -0.4 is 4.31 Å². The highest BCUT2D eigenvalue weighted by atomic mass is 32.2. The molecule has 11 heteroatoms. The Balaban J connectivity index is 1.74. The van der Waals surface area contributed by atoms with Gasteiger partial charge in [0.15, 0.2) is 0 Å². The van der Waals surface area contributed by atoms with Crippen LogP contribution in [0.25, 0.3) is 6.08 Å². The number of sulfonamides is 1. The van der Waals surface area contributed by atoms with Crippen molar-refractivity contribution < 1.29 is 32.6 Å². The quantitative estimate of drug-likeness (QED) is 0.247. The lowest BCUT2D eigenvalue weighted by Gasteiger charge is -2.33. The summed E-state index contributed by atoms with van der Waals surface area (Å²) < 4.78 is 32.2. The highest BCUT2D eigenvalue weighted by Gasteiger charge is 2.29. The Morgan fingerprint density at radius 2 is 1.79 bits per heavy atom. The summed E-state index contributed by atoms with van der Waals surface area (Å²) in [7, 11) is -1.29. The summed E-state index contributed by atoms with van der Waals surface area (Å²) >= 11 is 0. The number of allylic oxidation sites excluding steroid dienone is 2. The summed E-state index contributed by atoms with van der Waals surface area (Å²) in [6.07, 6.45) is 7.13. The molecule has 0 unspecified atom stereocenters. The maximum atomic E-state index is 13.0. The summed E-state index contributed by atoms with van der Waals surface area (Å²) in [4.78, 5) is 39.9. The van der Waals surface area contributed by atoms with Crippen LogP contribution in [0.3, 0.4) is 0 Å². The SMILES string of the molecule is C/C(=C\c1cccc(N2CCCS2(=O)=O)c1)[C@@H](C=O)[C@@H](C)/C=C/[C@H](OC(=O)N1CCN(C)CC1)[C@@H](C)CC[C@@H](O)CC=O. The molecule has 2 heterocycles. The topological polar surface area (TPSA) is 125 Å². The fraction of sp³-hybridized carbons (Fsp3) is 0.594. The summed E-state index contributed by atoms with van der Waals surface area (Å²) in [6, 6.07) is 7.30. The number of rotatable bonds is 14. The lowest BCUT2D eigenvalue weighted by atomic mass is 9.86. The molecule has 0 radical (unpaired) electrons. The number of likely N-dealkylation sites (N-methyl/N-ethyl adjacent to an activating group) is 1. The predicted octanol–water partition coefficient (Wildman–Crippen LogP) is 3.76. The van der Waals surface area contributed by atoms with E-state index >= 15 is 0 Å². The van der Waals surface area contributed by atoms with Gasteiger partial charge in [-0.3, -0.25) is 4.31 Å². The maximum absolute atomic E-state index is 13.0. The van der Waals surface area contributed by atoms with Gasteiger partial charge in [-0.1, -0.05) is 43.7 Å². The molecular formula is C32H47N3O7S. The van der Waals surface area contributed by atoms with Gasteiger partial charge in [0.05, 0.1) is 17.5 Å². The van der Waals surface area contributed by atoms with E-state index in [1.165, 1.54) is 4.31 Å². The molecule has 1 aromatic rings. The minimum Gasteiger partial charge on any atom is -0.442 e. The second kappa shape index (κ2) is 16.2. The molecule has 5 atom stereocenters. The third-order valence-corrected chi connectivity index (χ3v) is 10.2. The summed E-state index contributed by atoms with van der Waals surface area (Å²) in [6.45, 7) is 8.91. The first kappa shape index (κ1) is 34.5. The number of ether oxygens (including phenoxy) is 1. The summed E-state index contributed by atoms with van der Waals surface area (Å²) in [5.74, 6) is -0.646. The minimum absolute atomic E-state index is 0.0642. The Morgan fingerprint density at radius 1 is 1.07 bits per heavy atom. The zero-order valence-electron chi connectivity index (χ0n) is 25.8. The summed E-state index contributed by atoms with van der Waals surface area (Å²) in [5.41, 5.74) is 2.25. The number of benzene rings is 1. The van der Waals surface area contributed by atoms with Crippen molar-refractivity contribution in [2.75, 3.05) is 49.8 Å². The third kappa shape index (κ3) is 10.0. The molecule has 0 aromatic heterocycles. The molecule has 0 aliphatic carbocycles. The van der Waals surface area contributed by atoms with Gasteiger partial charge in [0, 0.05) is 45.1 Å². The molecular weight excluding hydrogens is 570 g/mol. The average Bonchev–Trinajstić information content (AvgIpc) is 3.33. The first-order chi connectivity index (χ1) is 20.4. The largest absolute Gasteiger partial charge is 0.442 e. The Hall–Kier alpha value is -3.02. The lowest BCUT2D eigenvalue weighted by molar-refractivity contribution is -0.111. The van der Waals surface area contributed by atoms with Crippen LogP contribution in [0, 0.1) is 17.8 Å². The van der Waals surface area contributed by atoms with Crippen LogP contribution in [0.5, 0.6) is 0 Å². The Kier molecular flexibility index (Phi) is 13.0. The zero-order chi connectivity index (χ0) is 31.6. The highest BCUT2D eigenvalue weighted by molar-refractivity contribution is 7.93. The molecule has 1 aromatic carbocycles. The Labute approximate surface area is 256 Å². The number of aliphatic hydroxyl groups excluding tert-OH is 1. The molecule has 43 heavy (non-hydrogen) atoms. The number of hydrogen-bond acceptors (Lipinski definition) is 8. The van der Waals surface area contributed by atoms with E-state index in [9.17, 15) is 27.9 Å². The summed E-state index contributed by atoms with van der Waals surface area (Å²) in [5, 5.41) is 10.1. The number of anilines is 1. The number of carbonyl (C=O) groups is 3. The third-order valence-electron chi connectivity index (χ3n) is 8.38. The van der Waals surface area contributed by atoms with Gasteiger partial charge in [-0.15, -0.1) is 0 Å². The number of aliphatic hydroxyl groups is 1. The number of aldehydes is 2. The minimum atomic E-state index is -3.30. The predicted molar refractivity (Wildman–Crippen MR) is 168 cm³/mol. The van der Waals surface area contributed by atoms with E-state index in [-0.39, 0.29) is 24.0 Å². The van der Waals surface area contributed by atoms with E-state index in [0.29, 0.717) is 50.9 Å². The number of piperazine rings is 1. The average molecular weight is 618 g/mol. The van der Waals surface area contributed by atoms with E-state index < -0.39 is 34.2 Å². The van der Waals surface area contributed by atoms with Crippen LogP contribution in [0.2, 0.25) is 0 Å². The molecule has 0 saturated carbocycles. The first-order valence-corrected chi connectivity index (χ1v) is 16.7. The number of hydrogen-bond donors (Lipinski definition) is 1. The molecule has 0 spiro atoms. The van der Waals surface area contributed by atoms with Crippen molar-refractivity contribution in [2.24, 2.45) is 17.8 Å². The van der Waals surface area contributed by atoms with Crippen molar-refractivity contribution in [3.63, 3.8) is 0 Å².